The lowest BCUT2D eigenvalue weighted by Gasteiger charge is -2.20. The van der Waals surface area contributed by atoms with E-state index >= 15 is 0 Å². The first kappa shape index (κ1) is 22.8. The van der Waals surface area contributed by atoms with Crippen LogP contribution in [0, 0.1) is 0 Å². The van der Waals surface area contributed by atoms with Crippen LogP contribution in [0.25, 0.3) is 6.08 Å². The first-order chi connectivity index (χ1) is 14.6. The Kier molecular flexibility index (Phi) is 8.75. The summed E-state index contributed by atoms with van der Waals surface area (Å²) in [6, 6.07) is 7.60. The third kappa shape index (κ3) is 6.32. The van der Waals surface area contributed by atoms with Crippen molar-refractivity contribution in [3.05, 3.63) is 34.7 Å². The van der Waals surface area contributed by atoms with E-state index in [1.807, 2.05) is 35.2 Å². The number of methoxy groups -OCH3 is 1. The van der Waals surface area contributed by atoms with Gasteiger partial charge in [-0.1, -0.05) is 55.4 Å². The third-order valence-corrected chi connectivity index (χ3v) is 6.90. The highest BCUT2D eigenvalue weighted by molar-refractivity contribution is 8.26. The number of carbonyl (C=O) groups is 2. The molecule has 5 nitrogen and oxygen atoms in total. The first-order valence-corrected chi connectivity index (χ1v) is 12.0. The van der Waals surface area contributed by atoms with Gasteiger partial charge in [0.05, 0.1) is 12.0 Å². The summed E-state index contributed by atoms with van der Waals surface area (Å²) >= 11 is 6.77. The molecule has 0 N–H and O–H groups in total. The second-order valence-corrected chi connectivity index (χ2v) is 9.39. The largest absolute Gasteiger partial charge is 0.497 e. The van der Waals surface area contributed by atoms with Gasteiger partial charge in [0.1, 0.15) is 10.1 Å². The first-order valence-electron chi connectivity index (χ1n) is 10.8. The van der Waals surface area contributed by atoms with E-state index in [0.717, 1.165) is 56.5 Å². The van der Waals surface area contributed by atoms with Gasteiger partial charge in [0.2, 0.25) is 5.91 Å². The van der Waals surface area contributed by atoms with Crippen molar-refractivity contribution in [3.8, 4) is 5.75 Å². The standard InChI is InChI=1S/C23H30N2O3S2/c1-28-19-12-10-18(11-13-19)17-20-22(27)25(23(29)30-20)16-8-4-5-9-21(26)24-14-6-2-3-7-15-24/h10-13,17H,2-9,14-16H2,1H3/b20-17-. The minimum absolute atomic E-state index is 0.0264. The summed E-state index contributed by atoms with van der Waals surface area (Å²) in [5.41, 5.74) is 0.948. The van der Waals surface area contributed by atoms with Crippen LogP contribution in [0.4, 0.5) is 0 Å². The number of thiocarbonyl (C=S) groups is 1. The highest BCUT2D eigenvalue weighted by Gasteiger charge is 2.31. The molecule has 0 unspecified atom stereocenters. The smallest absolute Gasteiger partial charge is 0.266 e. The molecule has 0 aliphatic carbocycles. The second kappa shape index (κ2) is 11.5. The number of likely N-dealkylation sites (tertiary alicyclic amines) is 1. The molecule has 2 aliphatic heterocycles. The Hall–Kier alpha value is -1.86. The summed E-state index contributed by atoms with van der Waals surface area (Å²) in [5, 5.41) is 0. The number of nitrogens with zero attached hydrogens (tertiary/aromatic N) is 2. The van der Waals surface area contributed by atoms with Gasteiger partial charge in [-0.25, -0.2) is 0 Å². The summed E-state index contributed by atoms with van der Waals surface area (Å²) in [6.45, 7) is 2.44. The maximum atomic E-state index is 12.7. The molecule has 3 rings (SSSR count). The third-order valence-electron chi connectivity index (χ3n) is 5.52. The molecule has 0 radical (unpaired) electrons. The molecule has 0 aromatic heterocycles. The van der Waals surface area contributed by atoms with Crippen LogP contribution < -0.4 is 4.74 Å². The minimum Gasteiger partial charge on any atom is -0.497 e. The minimum atomic E-state index is -0.0264. The molecule has 2 fully saturated rings. The van der Waals surface area contributed by atoms with Gasteiger partial charge in [-0.3, -0.25) is 14.5 Å². The number of ether oxygens (including phenoxy) is 1. The molecule has 0 atom stereocenters. The molecule has 2 saturated heterocycles. The van der Waals surface area contributed by atoms with E-state index in [-0.39, 0.29) is 11.8 Å². The van der Waals surface area contributed by atoms with Crippen molar-refractivity contribution in [2.24, 2.45) is 0 Å². The van der Waals surface area contributed by atoms with Gasteiger partial charge in [0, 0.05) is 26.1 Å². The predicted octanol–water partition coefficient (Wildman–Crippen LogP) is 4.86. The fourth-order valence-electron chi connectivity index (χ4n) is 3.75. The second-order valence-electron chi connectivity index (χ2n) is 7.71. The topological polar surface area (TPSA) is 49.9 Å². The Bertz CT molecular complexity index is 784. The van der Waals surface area contributed by atoms with Crippen LogP contribution in [0.3, 0.4) is 0 Å². The molecule has 30 heavy (non-hydrogen) atoms. The van der Waals surface area contributed by atoms with Gasteiger partial charge >= 0.3 is 0 Å². The van der Waals surface area contributed by atoms with Gasteiger partial charge in [-0.05, 0) is 49.5 Å². The predicted molar refractivity (Wildman–Crippen MR) is 126 cm³/mol. The lowest BCUT2D eigenvalue weighted by molar-refractivity contribution is -0.131. The molecule has 2 aliphatic rings. The number of hydrogen-bond acceptors (Lipinski definition) is 5. The maximum Gasteiger partial charge on any atom is 0.266 e. The number of carbonyl (C=O) groups excluding carboxylic acids is 2. The maximum absolute atomic E-state index is 12.7. The van der Waals surface area contributed by atoms with Crippen molar-refractivity contribution < 1.29 is 14.3 Å². The molecule has 2 heterocycles. The van der Waals surface area contributed by atoms with Crippen LogP contribution in [-0.4, -0.2) is 52.7 Å². The van der Waals surface area contributed by atoms with E-state index in [1.165, 1.54) is 24.6 Å². The number of hydrogen-bond donors (Lipinski definition) is 0. The van der Waals surface area contributed by atoms with E-state index in [9.17, 15) is 9.59 Å². The van der Waals surface area contributed by atoms with E-state index < -0.39 is 0 Å². The van der Waals surface area contributed by atoms with Crippen molar-refractivity contribution in [1.29, 1.82) is 0 Å². The van der Waals surface area contributed by atoms with Crippen molar-refractivity contribution in [3.63, 3.8) is 0 Å². The average Bonchev–Trinajstić information content (AvgIpc) is 2.95. The molecule has 1 aromatic rings. The van der Waals surface area contributed by atoms with Crippen LogP contribution in [0.5, 0.6) is 5.75 Å². The molecular formula is C23H30N2O3S2. The summed E-state index contributed by atoms with van der Waals surface area (Å²) < 4.78 is 5.78. The van der Waals surface area contributed by atoms with Gasteiger partial charge in [0.25, 0.3) is 5.91 Å². The molecule has 162 valence electrons. The van der Waals surface area contributed by atoms with Crippen LogP contribution in [0.1, 0.15) is 56.9 Å². The normalized spacial score (nSPS) is 18.8. The van der Waals surface area contributed by atoms with E-state index in [0.29, 0.717) is 22.2 Å². The quantitative estimate of drug-likeness (QED) is 0.324. The Morgan fingerprint density at radius 1 is 1.10 bits per heavy atom. The van der Waals surface area contributed by atoms with Gasteiger partial charge < -0.3 is 9.64 Å². The Morgan fingerprint density at radius 3 is 2.47 bits per heavy atom. The fraction of sp³-hybridized carbons (Fsp3) is 0.522. The molecule has 0 saturated carbocycles. The highest BCUT2D eigenvalue weighted by Crippen LogP contribution is 2.33. The zero-order valence-electron chi connectivity index (χ0n) is 17.6. The summed E-state index contributed by atoms with van der Waals surface area (Å²) in [7, 11) is 1.63. The Balaban J connectivity index is 1.42. The van der Waals surface area contributed by atoms with E-state index in [1.54, 1.807) is 12.0 Å². The van der Waals surface area contributed by atoms with E-state index in [2.05, 4.69) is 0 Å². The summed E-state index contributed by atoms with van der Waals surface area (Å²) in [6.07, 6.45) is 9.86. The Labute approximate surface area is 188 Å². The molecule has 2 amide bonds. The molecule has 1 aromatic carbocycles. The van der Waals surface area contributed by atoms with Crippen molar-refractivity contribution in [1.82, 2.24) is 9.80 Å². The molecule has 0 spiro atoms. The lowest BCUT2D eigenvalue weighted by atomic mass is 10.1. The fourth-order valence-corrected chi connectivity index (χ4v) is 5.05. The van der Waals surface area contributed by atoms with Crippen LogP contribution >= 0.6 is 24.0 Å². The van der Waals surface area contributed by atoms with Gasteiger partial charge in [-0.2, -0.15) is 0 Å². The molecule has 7 heteroatoms. The van der Waals surface area contributed by atoms with Crippen LogP contribution in [0.2, 0.25) is 0 Å². The van der Waals surface area contributed by atoms with Crippen LogP contribution in [0.15, 0.2) is 29.2 Å². The highest BCUT2D eigenvalue weighted by atomic mass is 32.2. The average molecular weight is 447 g/mol. The SMILES string of the molecule is COc1ccc(/C=C2\SC(=S)N(CCCCCC(=O)N3CCCCCC3)C2=O)cc1. The van der Waals surface area contributed by atoms with Gasteiger partial charge in [-0.15, -0.1) is 0 Å². The van der Waals surface area contributed by atoms with Crippen molar-refractivity contribution in [2.45, 2.75) is 51.4 Å². The zero-order chi connectivity index (χ0) is 21.3. The van der Waals surface area contributed by atoms with Crippen molar-refractivity contribution in [2.75, 3.05) is 26.7 Å². The number of benzene rings is 1. The monoisotopic (exact) mass is 446 g/mol. The Morgan fingerprint density at radius 2 is 1.80 bits per heavy atom. The number of thioether (sulfide) groups is 1. The number of unbranched alkanes of at least 4 members (excludes halogenated alkanes) is 2. The molecule has 0 bridgehead atoms. The zero-order valence-corrected chi connectivity index (χ0v) is 19.2. The lowest BCUT2D eigenvalue weighted by Crippen LogP contribution is -2.31. The number of rotatable bonds is 8. The van der Waals surface area contributed by atoms with Gasteiger partial charge in [0.15, 0.2) is 0 Å². The molecular weight excluding hydrogens is 416 g/mol. The van der Waals surface area contributed by atoms with E-state index in [4.69, 9.17) is 17.0 Å². The summed E-state index contributed by atoms with van der Waals surface area (Å²) in [4.78, 5) is 29.4. The number of amides is 2. The van der Waals surface area contributed by atoms with Crippen LogP contribution in [-0.2, 0) is 9.59 Å². The summed E-state index contributed by atoms with van der Waals surface area (Å²) in [5.74, 6) is 1.04. The van der Waals surface area contributed by atoms with Crippen molar-refractivity contribution >= 4 is 46.2 Å².